The summed E-state index contributed by atoms with van der Waals surface area (Å²) in [6.45, 7) is 0.352. The number of benzene rings is 2. The number of halogens is 4. The van der Waals surface area contributed by atoms with Crippen molar-refractivity contribution < 1.29 is 22.4 Å². The Balaban J connectivity index is 1.68. The van der Waals surface area contributed by atoms with Gasteiger partial charge in [-0.3, -0.25) is 0 Å². The number of imidazole rings is 1. The van der Waals surface area contributed by atoms with E-state index in [2.05, 4.69) is 10.3 Å². The highest BCUT2D eigenvalue weighted by atomic mass is 19.4. The largest absolute Gasteiger partial charge is 0.416 e. The van der Waals surface area contributed by atoms with E-state index < -0.39 is 29.6 Å². The Morgan fingerprint density at radius 2 is 1.77 bits per heavy atom. The molecule has 3 aromatic rings. The molecule has 1 aliphatic rings. The number of urea groups is 1. The van der Waals surface area contributed by atoms with Crippen LogP contribution in [-0.4, -0.2) is 27.0 Å². The van der Waals surface area contributed by atoms with Gasteiger partial charge in [0.15, 0.2) is 0 Å². The van der Waals surface area contributed by atoms with Crippen molar-refractivity contribution in [1.29, 1.82) is 0 Å². The predicted octanol–water partition coefficient (Wildman–Crippen LogP) is 4.76. The summed E-state index contributed by atoms with van der Waals surface area (Å²) in [5.41, 5.74) is 1.73. The maximum atomic E-state index is 13.1. The van der Waals surface area contributed by atoms with Crippen LogP contribution in [0, 0.1) is 5.82 Å². The third kappa shape index (κ3) is 3.74. The first-order valence-electron chi connectivity index (χ1n) is 9.24. The molecule has 0 bridgehead atoms. The van der Waals surface area contributed by atoms with E-state index >= 15 is 0 Å². The second-order valence-electron chi connectivity index (χ2n) is 7.09. The molecular formula is C21H18F4N4O. The predicted molar refractivity (Wildman–Crippen MR) is 102 cm³/mol. The molecule has 1 atom stereocenters. The molecule has 0 fully saturated rings. The van der Waals surface area contributed by atoms with Gasteiger partial charge in [-0.25, -0.2) is 14.2 Å². The van der Waals surface area contributed by atoms with Gasteiger partial charge in [-0.05, 0) is 42.0 Å². The van der Waals surface area contributed by atoms with Gasteiger partial charge in [-0.15, -0.1) is 0 Å². The van der Waals surface area contributed by atoms with E-state index in [0.717, 1.165) is 17.8 Å². The number of rotatable bonds is 2. The van der Waals surface area contributed by atoms with E-state index in [0.29, 0.717) is 29.9 Å². The first kappa shape index (κ1) is 19.9. The van der Waals surface area contributed by atoms with Gasteiger partial charge < -0.3 is 14.8 Å². The molecule has 0 saturated heterocycles. The van der Waals surface area contributed by atoms with E-state index in [9.17, 15) is 22.4 Å². The molecule has 2 amide bonds. The molecule has 1 aliphatic heterocycles. The summed E-state index contributed by atoms with van der Waals surface area (Å²) in [6, 6.07) is 9.01. The zero-order valence-electron chi connectivity index (χ0n) is 15.9. The van der Waals surface area contributed by atoms with Crippen LogP contribution in [0.2, 0.25) is 0 Å². The number of fused-ring (bicyclic) bond motifs is 1. The van der Waals surface area contributed by atoms with Crippen molar-refractivity contribution in [2.75, 3.05) is 11.9 Å². The Bertz CT molecular complexity index is 1060. The molecule has 2 aromatic carbocycles. The van der Waals surface area contributed by atoms with Crippen LogP contribution in [0.1, 0.15) is 28.6 Å². The standard InChI is InChI=1S/C21H18F4N4O/c1-28-12-26-18-17(28)10-11-29(20(30)27-16-8-6-15(22)7-9-16)19(18)13-2-4-14(5-3-13)21(23,24)25/h2-9,12,19H,10-11H2,1H3,(H,27,30). The maximum Gasteiger partial charge on any atom is 0.416 e. The van der Waals surface area contributed by atoms with Gasteiger partial charge >= 0.3 is 12.2 Å². The number of hydrogen-bond acceptors (Lipinski definition) is 2. The fourth-order valence-corrected chi connectivity index (χ4v) is 3.65. The molecule has 0 radical (unpaired) electrons. The lowest BCUT2D eigenvalue weighted by molar-refractivity contribution is -0.137. The number of nitrogens with zero attached hydrogens (tertiary/aromatic N) is 3. The molecule has 0 saturated carbocycles. The first-order chi connectivity index (χ1) is 14.2. The second-order valence-corrected chi connectivity index (χ2v) is 7.09. The van der Waals surface area contributed by atoms with Crippen LogP contribution in [0.15, 0.2) is 54.9 Å². The van der Waals surface area contributed by atoms with E-state index in [1.165, 1.54) is 41.3 Å². The number of nitrogens with one attached hydrogen (secondary N) is 1. The Morgan fingerprint density at radius 3 is 2.40 bits per heavy atom. The number of carbonyl (C=O) groups excluding carboxylic acids is 1. The molecule has 1 N–H and O–H groups in total. The van der Waals surface area contributed by atoms with E-state index in [1.54, 1.807) is 6.33 Å². The fraction of sp³-hybridized carbons (Fsp3) is 0.238. The van der Waals surface area contributed by atoms with Crippen molar-refractivity contribution in [2.24, 2.45) is 7.05 Å². The van der Waals surface area contributed by atoms with Gasteiger partial charge in [0.05, 0.1) is 17.6 Å². The third-order valence-electron chi connectivity index (χ3n) is 5.16. The van der Waals surface area contributed by atoms with Gasteiger partial charge in [0.25, 0.3) is 0 Å². The molecule has 2 heterocycles. The van der Waals surface area contributed by atoms with Crippen molar-refractivity contribution in [1.82, 2.24) is 14.5 Å². The van der Waals surface area contributed by atoms with Gasteiger partial charge in [0.1, 0.15) is 11.9 Å². The Labute approximate surface area is 170 Å². The van der Waals surface area contributed by atoms with Crippen LogP contribution in [0.3, 0.4) is 0 Å². The number of alkyl halides is 3. The lowest BCUT2D eigenvalue weighted by Gasteiger charge is -2.35. The van der Waals surface area contributed by atoms with E-state index in [1.807, 2.05) is 11.6 Å². The zero-order valence-corrected chi connectivity index (χ0v) is 15.9. The maximum absolute atomic E-state index is 13.1. The molecule has 0 aliphatic carbocycles. The highest BCUT2D eigenvalue weighted by Crippen LogP contribution is 2.36. The van der Waals surface area contributed by atoms with Crippen LogP contribution >= 0.6 is 0 Å². The molecule has 1 aromatic heterocycles. The summed E-state index contributed by atoms with van der Waals surface area (Å²) in [4.78, 5) is 18.9. The summed E-state index contributed by atoms with van der Waals surface area (Å²) < 4.78 is 53.9. The molecule has 156 valence electrons. The first-order valence-corrected chi connectivity index (χ1v) is 9.24. The number of carbonyl (C=O) groups is 1. The minimum Gasteiger partial charge on any atom is -0.337 e. The Morgan fingerprint density at radius 1 is 1.10 bits per heavy atom. The number of anilines is 1. The molecule has 30 heavy (non-hydrogen) atoms. The minimum absolute atomic E-state index is 0.352. The quantitative estimate of drug-likeness (QED) is 0.611. The van der Waals surface area contributed by atoms with Crippen molar-refractivity contribution in [2.45, 2.75) is 18.6 Å². The number of hydrogen-bond donors (Lipinski definition) is 1. The lowest BCUT2D eigenvalue weighted by atomic mass is 9.95. The smallest absolute Gasteiger partial charge is 0.337 e. The SMILES string of the molecule is Cn1cnc2c1CCN(C(=O)Nc1ccc(F)cc1)C2c1ccc(C(F)(F)F)cc1. The number of aryl methyl sites for hydroxylation is 1. The highest BCUT2D eigenvalue weighted by molar-refractivity contribution is 5.90. The van der Waals surface area contributed by atoms with Gasteiger partial charge in [-0.1, -0.05) is 12.1 Å². The van der Waals surface area contributed by atoms with Crippen molar-refractivity contribution >= 4 is 11.7 Å². The van der Waals surface area contributed by atoms with Crippen LogP contribution in [0.4, 0.5) is 28.0 Å². The molecule has 1 unspecified atom stereocenters. The molecule has 9 heteroatoms. The summed E-state index contributed by atoms with van der Waals surface area (Å²) in [5, 5.41) is 2.72. The fourth-order valence-electron chi connectivity index (χ4n) is 3.65. The van der Waals surface area contributed by atoms with Crippen LogP contribution in [0.5, 0.6) is 0 Å². The third-order valence-corrected chi connectivity index (χ3v) is 5.16. The monoisotopic (exact) mass is 418 g/mol. The van der Waals surface area contributed by atoms with Crippen molar-refractivity contribution in [3.05, 3.63) is 83.2 Å². The lowest BCUT2D eigenvalue weighted by Crippen LogP contribution is -2.43. The van der Waals surface area contributed by atoms with Gasteiger partial charge in [-0.2, -0.15) is 13.2 Å². The van der Waals surface area contributed by atoms with E-state index in [4.69, 9.17) is 0 Å². The molecule has 5 nitrogen and oxygen atoms in total. The summed E-state index contributed by atoms with van der Waals surface area (Å²) in [5.74, 6) is -0.424. The Hall–Kier alpha value is -3.36. The van der Waals surface area contributed by atoms with Crippen LogP contribution in [0.25, 0.3) is 0 Å². The topological polar surface area (TPSA) is 50.2 Å². The highest BCUT2D eigenvalue weighted by Gasteiger charge is 2.36. The van der Waals surface area contributed by atoms with Gasteiger partial charge in [0.2, 0.25) is 0 Å². The number of aromatic nitrogens is 2. The van der Waals surface area contributed by atoms with Crippen LogP contribution in [-0.2, 0) is 19.6 Å². The average molecular weight is 418 g/mol. The summed E-state index contributed by atoms with van der Waals surface area (Å²) in [7, 11) is 1.84. The van der Waals surface area contributed by atoms with Crippen molar-refractivity contribution in [3.63, 3.8) is 0 Å². The van der Waals surface area contributed by atoms with Crippen LogP contribution < -0.4 is 5.32 Å². The summed E-state index contributed by atoms with van der Waals surface area (Å²) in [6.07, 6.45) is -2.26. The summed E-state index contributed by atoms with van der Waals surface area (Å²) >= 11 is 0. The van der Waals surface area contributed by atoms with Gasteiger partial charge in [0, 0.05) is 31.4 Å². The normalized spacial score (nSPS) is 16.3. The molecule has 0 spiro atoms. The molecule has 4 rings (SSSR count). The second kappa shape index (κ2) is 7.47. The molecular weight excluding hydrogens is 400 g/mol. The van der Waals surface area contributed by atoms with Crippen molar-refractivity contribution in [3.8, 4) is 0 Å². The average Bonchev–Trinajstić information content (AvgIpc) is 3.09. The minimum atomic E-state index is -4.44. The zero-order chi connectivity index (χ0) is 21.5. The number of amides is 2. The Kier molecular flexibility index (Phi) is 4.97. The van der Waals surface area contributed by atoms with E-state index in [-0.39, 0.29) is 0 Å².